The van der Waals surface area contributed by atoms with E-state index in [1.54, 1.807) is 14.0 Å². The molecule has 0 aromatic heterocycles. The largest absolute Gasteiger partial charge is 0.507 e. The van der Waals surface area contributed by atoms with Gasteiger partial charge in [0.25, 0.3) is 0 Å². The minimum atomic E-state index is -0.353. The highest BCUT2D eigenvalue weighted by atomic mass is 35.5. The van der Waals surface area contributed by atoms with Gasteiger partial charge in [-0.15, -0.1) is 0 Å². The highest BCUT2D eigenvalue weighted by Gasteiger charge is 2.43. The van der Waals surface area contributed by atoms with Gasteiger partial charge in [-0.2, -0.15) is 0 Å². The SMILES string of the molecule is COc1c(Cl)c(C)c(/C=N/CO)c(O)c1C/C=C(C)/C=C/[C@@]1(C)[C@H](C)CCC(NC2CC2)[C@@H]1C. The molecule has 3 rings (SSSR count). The Bertz CT molecular complexity index is 967. The third kappa shape index (κ3) is 5.69. The van der Waals surface area contributed by atoms with Crippen molar-refractivity contribution in [2.24, 2.45) is 22.2 Å². The van der Waals surface area contributed by atoms with Crippen LogP contribution in [0, 0.1) is 24.2 Å². The van der Waals surface area contributed by atoms with Gasteiger partial charge in [-0.3, -0.25) is 4.99 Å². The molecule has 0 heterocycles. The van der Waals surface area contributed by atoms with Crippen LogP contribution in [0.15, 0.2) is 28.8 Å². The zero-order valence-corrected chi connectivity index (χ0v) is 22.2. The Morgan fingerprint density at radius 3 is 2.59 bits per heavy atom. The second kappa shape index (κ2) is 11.3. The van der Waals surface area contributed by atoms with Crippen LogP contribution >= 0.6 is 11.6 Å². The molecular weight excluding hydrogens is 448 g/mol. The molecule has 1 unspecified atom stereocenters. The first-order valence-corrected chi connectivity index (χ1v) is 12.8. The number of halogens is 1. The van der Waals surface area contributed by atoms with E-state index in [1.807, 2.05) is 0 Å². The molecule has 3 N–H and O–H groups in total. The van der Waals surface area contributed by atoms with Gasteiger partial charge in [-0.05, 0) is 68.8 Å². The van der Waals surface area contributed by atoms with Crippen molar-refractivity contribution >= 4 is 17.8 Å². The van der Waals surface area contributed by atoms with Gasteiger partial charge in [0.1, 0.15) is 18.2 Å². The molecule has 0 amide bonds. The number of aliphatic hydroxyl groups excluding tert-OH is 1. The fraction of sp³-hybridized carbons (Fsp3) is 0.607. The lowest BCUT2D eigenvalue weighted by Gasteiger charge is -2.48. The second-order valence-electron chi connectivity index (χ2n) is 10.3. The maximum absolute atomic E-state index is 10.9. The number of aliphatic imine (C=N–C) groups is 1. The van der Waals surface area contributed by atoms with Gasteiger partial charge in [0.15, 0.2) is 0 Å². The van der Waals surface area contributed by atoms with Crippen molar-refractivity contribution in [2.45, 2.75) is 78.8 Å². The molecule has 34 heavy (non-hydrogen) atoms. The Hall–Kier alpha value is -1.82. The summed E-state index contributed by atoms with van der Waals surface area (Å²) in [6.07, 6.45) is 13.8. The molecule has 2 fully saturated rings. The Morgan fingerprint density at radius 1 is 1.26 bits per heavy atom. The van der Waals surface area contributed by atoms with Gasteiger partial charge >= 0.3 is 0 Å². The fourth-order valence-electron chi connectivity index (χ4n) is 5.17. The molecule has 4 atom stereocenters. The summed E-state index contributed by atoms with van der Waals surface area (Å²) in [6.45, 7) is 10.7. The van der Waals surface area contributed by atoms with E-state index < -0.39 is 0 Å². The summed E-state index contributed by atoms with van der Waals surface area (Å²) in [5, 5.41) is 24.3. The van der Waals surface area contributed by atoms with E-state index in [2.05, 4.69) is 56.2 Å². The van der Waals surface area contributed by atoms with Crippen LogP contribution < -0.4 is 10.1 Å². The highest BCUT2D eigenvalue weighted by molar-refractivity contribution is 6.33. The Kier molecular flexibility index (Phi) is 8.88. The number of methoxy groups -OCH3 is 1. The number of rotatable bonds is 9. The number of benzene rings is 1. The number of ether oxygens (including phenoxy) is 1. The molecule has 0 aliphatic heterocycles. The molecular formula is C28H41ClN2O3. The zero-order chi connectivity index (χ0) is 25.0. The van der Waals surface area contributed by atoms with Crippen molar-refractivity contribution in [2.75, 3.05) is 13.8 Å². The van der Waals surface area contributed by atoms with Crippen molar-refractivity contribution in [3.05, 3.63) is 45.5 Å². The molecule has 188 valence electrons. The van der Waals surface area contributed by atoms with Crippen molar-refractivity contribution in [1.29, 1.82) is 0 Å². The van der Waals surface area contributed by atoms with Crippen LogP contribution in [0.4, 0.5) is 0 Å². The minimum Gasteiger partial charge on any atom is -0.507 e. The first kappa shape index (κ1) is 26.8. The molecule has 0 spiro atoms. The van der Waals surface area contributed by atoms with Gasteiger partial charge < -0.3 is 20.3 Å². The molecule has 2 aliphatic carbocycles. The van der Waals surface area contributed by atoms with Gasteiger partial charge in [-0.1, -0.05) is 56.2 Å². The monoisotopic (exact) mass is 488 g/mol. The number of phenolic OH excluding ortho intramolecular Hbond substituents is 1. The molecule has 5 nitrogen and oxygen atoms in total. The second-order valence-corrected chi connectivity index (χ2v) is 10.7. The summed E-state index contributed by atoms with van der Waals surface area (Å²) < 4.78 is 5.54. The van der Waals surface area contributed by atoms with Gasteiger partial charge in [-0.25, -0.2) is 0 Å². The van der Waals surface area contributed by atoms with Crippen molar-refractivity contribution in [3.8, 4) is 11.5 Å². The quantitative estimate of drug-likeness (QED) is 0.295. The molecule has 2 aliphatic rings. The van der Waals surface area contributed by atoms with Crippen LogP contribution in [-0.2, 0) is 6.42 Å². The number of hydrogen-bond acceptors (Lipinski definition) is 5. The lowest BCUT2D eigenvalue weighted by atomic mass is 9.60. The summed E-state index contributed by atoms with van der Waals surface area (Å²) in [5.74, 6) is 1.74. The molecule has 2 saturated carbocycles. The first-order chi connectivity index (χ1) is 16.1. The van der Waals surface area contributed by atoms with Crippen LogP contribution in [-0.4, -0.2) is 42.4 Å². The summed E-state index contributed by atoms with van der Waals surface area (Å²) >= 11 is 6.54. The van der Waals surface area contributed by atoms with Crippen LogP contribution in [0.5, 0.6) is 11.5 Å². The number of nitrogens with one attached hydrogen (secondary N) is 1. The summed E-state index contributed by atoms with van der Waals surface area (Å²) in [7, 11) is 1.56. The average molecular weight is 489 g/mol. The lowest BCUT2D eigenvalue weighted by Crippen LogP contribution is -2.49. The number of phenols is 1. The summed E-state index contributed by atoms with van der Waals surface area (Å²) in [6, 6.07) is 1.31. The standard InChI is InChI=1S/C28H41ClN2O3/c1-17(13-14-28(5)18(2)8-12-24(20(28)4)31-21-9-10-21)7-11-22-26(33)23(15-30-16-32)19(3)25(29)27(22)34-6/h7,13-15,18,20-21,24,31-33H,8-12,16H2,1-6H3/b14-13+,17-7+,30-15+/t18-,20+,24?,28+/m1/s1. The highest BCUT2D eigenvalue weighted by Crippen LogP contribution is 2.47. The molecule has 6 heteroatoms. The topological polar surface area (TPSA) is 74.1 Å². The number of aliphatic hydroxyl groups is 1. The Morgan fingerprint density at radius 2 is 1.97 bits per heavy atom. The average Bonchev–Trinajstić information content (AvgIpc) is 3.64. The predicted molar refractivity (Wildman–Crippen MR) is 141 cm³/mol. The summed E-state index contributed by atoms with van der Waals surface area (Å²) in [5.41, 5.74) is 3.04. The van der Waals surface area contributed by atoms with E-state index in [9.17, 15) is 5.11 Å². The maximum atomic E-state index is 10.9. The van der Waals surface area contributed by atoms with E-state index in [0.717, 1.165) is 11.6 Å². The van der Waals surface area contributed by atoms with Crippen LogP contribution in [0.2, 0.25) is 5.02 Å². The van der Waals surface area contributed by atoms with E-state index in [-0.39, 0.29) is 17.9 Å². The predicted octanol–water partition coefficient (Wildman–Crippen LogP) is 5.97. The lowest BCUT2D eigenvalue weighted by molar-refractivity contribution is 0.0785. The number of allylic oxidation sites excluding steroid dienone is 4. The van der Waals surface area contributed by atoms with E-state index in [0.29, 0.717) is 51.8 Å². The third-order valence-corrected chi connectivity index (χ3v) is 8.63. The van der Waals surface area contributed by atoms with Gasteiger partial charge in [0.2, 0.25) is 0 Å². The third-order valence-electron chi connectivity index (χ3n) is 8.17. The minimum absolute atomic E-state index is 0.0828. The summed E-state index contributed by atoms with van der Waals surface area (Å²) in [4.78, 5) is 3.87. The molecule has 0 radical (unpaired) electrons. The van der Waals surface area contributed by atoms with Crippen LogP contribution in [0.25, 0.3) is 0 Å². The van der Waals surface area contributed by atoms with Crippen LogP contribution in [0.1, 0.15) is 70.1 Å². The van der Waals surface area contributed by atoms with Crippen molar-refractivity contribution < 1.29 is 14.9 Å². The van der Waals surface area contributed by atoms with Crippen molar-refractivity contribution in [3.63, 3.8) is 0 Å². The van der Waals surface area contributed by atoms with E-state index in [4.69, 9.17) is 21.4 Å². The fourth-order valence-corrected chi connectivity index (χ4v) is 5.47. The van der Waals surface area contributed by atoms with Crippen LogP contribution in [0.3, 0.4) is 0 Å². The normalized spacial score (nSPS) is 28.2. The Balaban J connectivity index is 1.83. The molecule has 1 aromatic rings. The number of nitrogens with zero attached hydrogens (tertiary/aromatic N) is 1. The maximum Gasteiger partial charge on any atom is 0.144 e. The Labute approximate surface area is 210 Å². The number of aromatic hydroxyl groups is 1. The van der Waals surface area contributed by atoms with Gasteiger partial charge in [0.05, 0.1) is 12.1 Å². The smallest absolute Gasteiger partial charge is 0.144 e. The zero-order valence-electron chi connectivity index (χ0n) is 21.5. The van der Waals surface area contributed by atoms with Gasteiger partial charge in [0, 0.05) is 29.4 Å². The molecule has 1 aromatic carbocycles. The first-order valence-electron chi connectivity index (χ1n) is 12.4. The van der Waals surface area contributed by atoms with Crippen molar-refractivity contribution in [1.82, 2.24) is 5.32 Å². The molecule has 0 bridgehead atoms. The number of hydrogen-bond donors (Lipinski definition) is 3. The van der Waals surface area contributed by atoms with E-state index in [1.165, 1.54) is 31.9 Å². The van der Waals surface area contributed by atoms with E-state index >= 15 is 0 Å². The molecule has 0 saturated heterocycles.